The maximum absolute atomic E-state index is 9.65. The van der Waals surface area contributed by atoms with E-state index in [1.807, 2.05) is 23.9 Å². The zero-order valence-corrected chi connectivity index (χ0v) is 14.3. The molecule has 1 fully saturated rings. The van der Waals surface area contributed by atoms with Crippen molar-refractivity contribution in [3.63, 3.8) is 0 Å². The van der Waals surface area contributed by atoms with Crippen LogP contribution < -0.4 is 5.32 Å². The highest BCUT2D eigenvalue weighted by atomic mass is 35.5. The van der Waals surface area contributed by atoms with Crippen LogP contribution in [0, 0.1) is 17.2 Å². The number of halogens is 1. The summed E-state index contributed by atoms with van der Waals surface area (Å²) in [5, 5.41) is 13.9. The number of benzene rings is 1. The van der Waals surface area contributed by atoms with Crippen molar-refractivity contribution in [2.75, 3.05) is 5.75 Å². The molecule has 1 aliphatic rings. The molecule has 21 heavy (non-hydrogen) atoms. The van der Waals surface area contributed by atoms with E-state index in [4.69, 9.17) is 11.6 Å². The monoisotopic (exact) mass is 322 g/mol. The highest BCUT2D eigenvalue weighted by Gasteiger charge is 2.42. The lowest BCUT2D eigenvalue weighted by atomic mass is 9.86. The molecule has 2 nitrogen and oxygen atoms in total. The standard InChI is InChI=1S/C17H23ClN2S/c1-13(2)20-17(12-19)10-3-4-14(17)9-11-21-16-7-5-15(18)6-8-16/h5-8,13-14,20H,3-4,9-11H2,1-2H3. The summed E-state index contributed by atoms with van der Waals surface area (Å²) in [6, 6.07) is 10.9. The predicted octanol–water partition coefficient (Wildman–Crippen LogP) is 4.88. The second kappa shape index (κ2) is 7.54. The third-order valence-corrected chi connectivity index (χ3v) is 5.41. The van der Waals surface area contributed by atoms with Gasteiger partial charge in [-0.3, -0.25) is 5.32 Å². The summed E-state index contributed by atoms with van der Waals surface area (Å²) < 4.78 is 0. The molecule has 0 amide bonds. The molecular formula is C17H23ClN2S. The molecule has 0 aliphatic heterocycles. The van der Waals surface area contributed by atoms with Gasteiger partial charge in [0.1, 0.15) is 5.54 Å². The van der Waals surface area contributed by atoms with E-state index in [9.17, 15) is 5.26 Å². The minimum Gasteiger partial charge on any atom is -0.297 e. The van der Waals surface area contributed by atoms with Crippen LogP contribution >= 0.6 is 23.4 Å². The molecule has 0 spiro atoms. The van der Waals surface area contributed by atoms with Crippen LogP contribution in [-0.2, 0) is 0 Å². The van der Waals surface area contributed by atoms with Gasteiger partial charge in [-0.2, -0.15) is 5.26 Å². The number of thioether (sulfide) groups is 1. The van der Waals surface area contributed by atoms with Crippen LogP contribution in [0.15, 0.2) is 29.2 Å². The van der Waals surface area contributed by atoms with Gasteiger partial charge in [0.25, 0.3) is 0 Å². The van der Waals surface area contributed by atoms with Gasteiger partial charge in [0.05, 0.1) is 6.07 Å². The highest BCUT2D eigenvalue weighted by molar-refractivity contribution is 7.99. The van der Waals surface area contributed by atoms with Gasteiger partial charge in [0, 0.05) is 16.0 Å². The van der Waals surface area contributed by atoms with Crippen LogP contribution in [0.2, 0.25) is 5.02 Å². The summed E-state index contributed by atoms with van der Waals surface area (Å²) >= 11 is 7.75. The van der Waals surface area contributed by atoms with Crippen LogP contribution in [0.4, 0.5) is 0 Å². The summed E-state index contributed by atoms with van der Waals surface area (Å²) in [7, 11) is 0. The maximum Gasteiger partial charge on any atom is 0.109 e. The second-order valence-corrected chi connectivity index (χ2v) is 7.67. The number of nitrogens with one attached hydrogen (secondary N) is 1. The summed E-state index contributed by atoms with van der Waals surface area (Å²) in [6.07, 6.45) is 4.39. The lowest BCUT2D eigenvalue weighted by Crippen LogP contribution is -2.50. The Bertz CT molecular complexity index is 495. The van der Waals surface area contributed by atoms with E-state index in [0.29, 0.717) is 12.0 Å². The third-order valence-electron chi connectivity index (χ3n) is 4.12. The van der Waals surface area contributed by atoms with E-state index in [-0.39, 0.29) is 5.54 Å². The Morgan fingerprint density at radius 2 is 2.14 bits per heavy atom. The molecule has 1 aromatic rings. The molecule has 1 aromatic carbocycles. The first-order valence-corrected chi connectivity index (χ1v) is 8.99. The van der Waals surface area contributed by atoms with E-state index in [1.165, 1.54) is 4.90 Å². The number of hydrogen-bond acceptors (Lipinski definition) is 3. The molecule has 0 bridgehead atoms. The molecule has 0 saturated heterocycles. The van der Waals surface area contributed by atoms with Crippen LogP contribution in [0.5, 0.6) is 0 Å². The molecule has 1 saturated carbocycles. The number of hydrogen-bond donors (Lipinski definition) is 1. The SMILES string of the molecule is CC(C)NC1(C#N)CCCC1CCSc1ccc(Cl)cc1. The number of nitriles is 1. The lowest BCUT2D eigenvalue weighted by molar-refractivity contribution is 0.289. The van der Waals surface area contributed by atoms with E-state index in [2.05, 4.69) is 37.4 Å². The van der Waals surface area contributed by atoms with Crippen molar-refractivity contribution in [1.82, 2.24) is 5.32 Å². The van der Waals surface area contributed by atoms with Gasteiger partial charge >= 0.3 is 0 Å². The van der Waals surface area contributed by atoms with Crippen LogP contribution in [0.3, 0.4) is 0 Å². The third kappa shape index (κ3) is 4.39. The maximum atomic E-state index is 9.65. The lowest BCUT2D eigenvalue weighted by Gasteiger charge is -2.32. The Labute approximate surface area is 137 Å². The molecule has 1 aliphatic carbocycles. The van der Waals surface area contributed by atoms with Crippen molar-refractivity contribution >= 4 is 23.4 Å². The van der Waals surface area contributed by atoms with Gasteiger partial charge in [-0.05, 0) is 69.0 Å². The molecular weight excluding hydrogens is 300 g/mol. The molecule has 4 heteroatoms. The molecule has 0 aromatic heterocycles. The zero-order valence-electron chi connectivity index (χ0n) is 12.7. The molecule has 2 unspecified atom stereocenters. The smallest absolute Gasteiger partial charge is 0.109 e. The van der Waals surface area contributed by atoms with E-state index >= 15 is 0 Å². The minimum absolute atomic E-state index is 0.311. The molecule has 114 valence electrons. The summed E-state index contributed by atoms with van der Waals surface area (Å²) in [6.45, 7) is 4.24. The van der Waals surface area contributed by atoms with Crippen molar-refractivity contribution in [1.29, 1.82) is 5.26 Å². The molecule has 0 radical (unpaired) electrons. The first-order chi connectivity index (χ1) is 10.1. The average Bonchev–Trinajstić information content (AvgIpc) is 2.84. The van der Waals surface area contributed by atoms with Crippen molar-refractivity contribution in [2.24, 2.45) is 5.92 Å². The van der Waals surface area contributed by atoms with Crippen molar-refractivity contribution in [2.45, 2.75) is 56.0 Å². The van der Waals surface area contributed by atoms with Gasteiger partial charge in [0.15, 0.2) is 0 Å². The largest absolute Gasteiger partial charge is 0.297 e. The Balaban J connectivity index is 1.89. The Morgan fingerprint density at radius 3 is 2.76 bits per heavy atom. The summed E-state index contributed by atoms with van der Waals surface area (Å²) in [5.74, 6) is 1.51. The average molecular weight is 323 g/mol. The first-order valence-electron chi connectivity index (χ1n) is 7.63. The van der Waals surface area contributed by atoms with Crippen LogP contribution in [0.25, 0.3) is 0 Å². The highest BCUT2D eigenvalue weighted by Crippen LogP contribution is 2.39. The Hall–Kier alpha value is -0.690. The Kier molecular flexibility index (Phi) is 5.98. The minimum atomic E-state index is -0.311. The van der Waals surface area contributed by atoms with E-state index < -0.39 is 0 Å². The topological polar surface area (TPSA) is 35.8 Å². The first kappa shape index (κ1) is 16.7. The van der Waals surface area contributed by atoms with Gasteiger partial charge in [-0.25, -0.2) is 0 Å². The zero-order chi connectivity index (χ0) is 15.3. The molecule has 1 N–H and O–H groups in total. The van der Waals surface area contributed by atoms with Crippen molar-refractivity contribution in [3.05, 3.63) is 29.3 Å². The van der Waals surface area contributed by atoms with Crippen molar-refractivity contribution < 1.29 is 0 Å². The summed E-state index contributed by atoms with van der Waals surface area (Å²) in [5.41, 5.74) is -0.311. The number of rotatable bonds is 6. The molecule has 0 heterocycles. The predicted molar refractivity (Wildman–Crippen MR) is 90.7 cm³/mol. The van der Waals surface area contributed by atoms with E-state index in [0.717, 1.165) is 36.5 Å². The van der Waals surface area contributed by atoms with Gasteiger partial charge < -0.3 is 0 Å². The fourth-order valence-electron chi connectivity index (χ4n) is 3.20. The Morgan fingerprint density at radius 1 is 1.43 bits per heavy atom. The summed E-state index contributed by atoms with van der Waals surface area (Å²) in [4.78, 5) is 1.25. The molecule has 2 atom stereocenters. The van der Waals surface area contributed by atoms with Crippen LogP contribution in [-0.4, -0.2) is 17.3 Å². The normalized spacial score (nSPS) is 25.2. The van der Waals surface area contributed by atoms with Crippen LogP contribution in [0.1, 0.15) is 39.5 Å². The number of nitrogens with zero attached hydrogens (tertiary/aromatic N) is 1. The van der Waals surface area contributed by atoms with Gasteiger partial charge in [0.2, 0.25) is 0 Å². The quantitative estimate of drug-likeness (QED) is 0.758. The molecule has 2 rings (SSSR count). The fourth-order valence-corrected chi connectivity index (χ4v) is 4.30. The second-order valence-electron chi connectivity index (χ2n) is 6.06. The van der Waals surface area contributed by atoms with Gasteiger partial charge in [-0.15, -0.1) is 11.8 Å². The van der Waals surface area contributed by atoms with E-state index in [1.54, 1.807) is 0 Å². The van der Waals surface area contributed by atoms with Gasteiger partial charge in [-0.1, -0.05) is 18.0 Å². The fraction of sp³-hybridized carbons (Fsp3) is 0.588. The van der Waals surface area contributed by atoms with Crippen molar-refractivity contribution in [3.8, 4) is 6.07 Å².